The summed E-state index contributed by atoms with van der Waals surface area (Å²) < 4.78 is 0. The van der Waals surface area contributed by atoms with Gasteiger partial charge in [0.15, 0.2) is 0 Å². The second kappa shape index (κ2) is 10.0. The highest BCUT2D eigenvalue weighted by molar-refractivity contribution is 5.90. The van der Waals surface area contributed by atoms with Crippen LogP contribution in [0.1, 0.15) is 31.7 Å². The highest BCUT2D eigenvalue weighted by atomic mass is 16.4. The summed E-state index contributed by atoms with van der Waals surface area (Å²) in [5.41, 5.74) is 3.51. The molecule has 0 aliphatic carbocycles. The Labute approximate surface area is 153 Å². The zero-order valence-corrected chi connectivity index (χ0v) is 14.9. The maximum absolute atomic E-state index is 11.9. The smallest absolute Gasteiger partial charge is 0.328 e. The number of urea groups is 1. The molecule has 0 spiro atoms. The fourth-order valence-electron chi connectivity index (χ4n) is 2.48. The van der Waals surface area contributed by atoms with Crippen molar-refractivity contribution in [2.75, 3.05) is 11.9 Å². The molecular formula is C21H24N2O3. The van der Waals surface area contributed by atoms with Crippen molar-refractivity contribution < 1.29 is 14.7 Å². The van der Waals surface area contributed by atoms with E-state index in [0.717, 1.165) is 47.7 Å². The van der Waals surface area contributed by atoms with Crippen molar-refractivity contribution in [1.82, 2.24) is 5.32 Å². The predicted molar refractivity (Wildman–Crippen MR) is 105 cm³/mol. The molecule has 2 aromatic rings. The third kappa shape index (κ3) is 6.43. The van der Waals surface area contributed by atoms with Crippen LogP contribution >= 0.6 is 0 Å². The van der Waals surface area contributed by atoms with Crippen LogP contribution < -0.4 is 10.6 Å². The molecule has 0 unspecified atom stereocenters. The number of carboxylic acid groups (broad SMARTS) is 1. The molecule has 0 radical (unpaired) electrons. The highest BCUT2D eigenvalue weighted by Crippen LogP contribution is 2.23. The summed E-state index contributed by atoms with van der Waals surface area (Å²) in [5.74, 6) is -0.971. The largest absolute Gasteiger partial charge is 0.478 e. The van der Waals surface area contributed by atoms with Gasteiger partial charge in [0, 0.05) is 18.3 Å². The summed E-state index contributed by atoms with van der Waals surface area (Å²) in [6.45, 7) is 2.80. The van der Waals surface area contributed by atoms with Crippen molar-refractivity contribution in [3.05, 3.63) is 60.2 Å². The quantitative estimate of drug-likeness (QED) is 0.473. The summed E-state index contributed by atoms with van der Waals surface area (Å²) in [6, 6.07) is 15.0. The monoisotopic (exact) mass is 352 g/mol. The van der Waals surface area contributed by atoms with Gasteiger partial charge in [0.05, 0.1) is 0 Å². The lowest BCUT2D eigenvalue weighted by molar-refractivity contribution is -0.131. The molecule has 136 valence electrons. The van der Waals surface area contributed by atoms with Crippen LogP contribution in [0.3, 0.4) is 0 Å². The number of carbonyl (C=O) groups is 2. The minimum atomic E-state index is -0.971. The molecule has 0 aliphatic heterocycles. The van der Waals surface area contributed by atoms with Crippen molar-refractivity contribution in [2.24, 2.45) is 0 Å². The van der Waals surface area contributed by atoms with Crippen LogP contribution in [0.4, 0.5) is 10.5 Å². The van der Waals surface area contributed by atoms with Gasteiger partial charge in [0.1, 0.15) is 0 Å². The van der Waals surface area contributed by atoms with E-state index in [4.69, 9.17) is 5.11 Å². The number of hydrogen-bond donors (Lipinski definition) is 3. The summed E-state index contributed by atoms with van der Waals surface area (Å²) in [6.07, 6.45) is 5.86. The fraction of sp³-hybridized carbons (Fsp3) is 0.238. The van der Waals surface area contributed by atoms with E-state index >= 15 is 0 Å². The molecule has 0 heterocycles. The Balaban J connectivity index is 2.00. The molecule has 2 aromatic carbocycles. The Hall–Kier alpha value is -3.08. The van der Waals surface area contributed by atoms with Crippen molar-refractivity contribution in [3.8, 4) is 11.1 Å². The van der Waals surface area contributed by atoms with E-state index < -0.39 is 5.97 Å². The maximum Gasteiger partial charge on any atom is 0.328 e. The van der Waals surface area contributed by atoms with Gasteiger partial charge in [-0.1, -0.05) is 56.2 Å². The minimum Gasteiger partial charge on any atom is -0.478 e. The van der Waals surface area contributed by atoms with Crippen LogP contribution in [0.5, 0.6) is 0 Å². The molecule has 0 aliphatic rings. The highest BCUT2D eigenvalue weighted by Gasteiger charge is 2.03. The van der Waals surface area contributed by atoms with Crippen LogP contribution in [0, 0.1) is 0 Å². The topological polar surface area (TPSA) is 78.4 Å². The van der Waals surface area contributed by atoms with Crippen LogP contribution in [-0.4, -0.2) is 23.7 Å². The number of nitrogens with one attached hydrogen (secondary N) is 2. The average Bonchev–Trinajstić information content (AvgIpc) is 2.64. The third-order valence-electron chi connectivity index (χ3n) is 3.85. The molecule has 5 heteroatoms. The summed E-state index contributed by atoms with van der Waals surface area (Å²) >= 11 is 0. The van der Waals surface area contributed by atoms with Crippen molar-refractivity contribution in [2.45, 2.75) is 26.2 Å². The Morgan fingerprint density at radius 1 is 1.04 bits per heavy atom. The molecule has 0 bridgehead atoms. The van der Waals surface area contributed by atoms with Gasteiger partial charge in [-0.25, -0.2) is 9.59 Å². The average molecular weight is 352 g/mol. The Bertz CT molecular complexity index is 767. The molecule has 0 atom stereocenters. The zero-order chi connectivity index (χ0) is 18.8. The number of rotatable bonds is 8. The molecule has 2 amide bonds. The first-order chi connectivity index (χ1) is 12.6. The number of anilines is 1. The van der Waals surface area contributed by atoms with E-state index in [1.165, 1.54) is 0 Å². The van der Waals surface area contributed by atoms with E-state index in [2.05, 4.69) is 17.6 Å². The second-order valence-electron chi connectivity index (χ2n) is 5.96. The first kappa shape index (κ1) is 19.2. The minimum absolute atomic E-state index is 0.201. The van der Waals surface area contributed by atoms with Crippen molar-refractivity contribution in [3.63, 3.8) is 0 Å². The van der Waals surface area contributed by atoms with Gasteiger partial charge in [-0.05, 0) is 41.3 Å². The summed E-state index contributed by atoms with van der Waals surface area (Å²) in [7, 11) is 0. The maximum atomic E-state index is 11.9. The normalized spacial score (nSPS) is 10.7. The number of benzene rings is 2. The Kier molecular flexibility index (Phi) is 7.43. The molecule has 0 saturated carbocycles. The molecule has 0 aromatic heterocycles. The van der Waals surface area contributed by atoms with Crippen LogP contribution in [0.15, 0.2) is 54.6 Å². The van der Waals surface area contributed by atoms with Gasteiger partial charge in [0.2, 0.25) is 0 Å². The second-order valence-corrected chi connectivity index (χ2v) is 5.96. The number of aliphatic carboxylic acids is 1. The molecule has 0 saturated heterocycles. The number of hydrogen-bond acceptors (Lipinski definition) is 2. The van der Waals surface area contributed by atoms with Gasteiger partial charge in [-0.2, -0.15) is 0 Å². The Morgan fingerprint density at radius 3 is 2.50 bits per heavy atom. The zero-order valence-electron chi connectivity index (χ0n) is 14.9. The van der Waals surface area contributed by atoms with Gasteiger partial charge in [-0.3, -0.25) is 0 Å². The fourth-order valence-corrected chi connectivity index (χ4v) is 2.48. The SMILES string of the molecule is CCCCCNC(=O)Nc1cccc(-c2ccc(/C=C/C(=O)O)cc2)c1. The third-order valence-corrected chi connectivity index (χ3v) is 3.85. The molecular weight excluding hydrogens is 328 g/mol. The van der Waals surface area contributed by atoms with Crippen molar-refractivity contribution >= 4 is 23.8 Å². The van der Waals surface area contributed by atoms with E-state index in [-0.39, 0.29) is 6.03 Å². The number of amides is 2. The van der Waals surface area contributed by atoms with E-state index in [1.54, 1.807) is 6.08 Å². The van der Waals surface area contributed by atoms with Gasteiger partial charge in [0.25, 0.3) is 0 Å². The predicted octanol–water partition coefficient (Wildman–Crippen LogP) is 4.76. The number of carboxylic acids is 1. The lowest BCUT2D eigenvalue weighted by Gasteiger charge is -2.09. The Morgan fingerprint density at radius 2 is 1.81 bits per heavy atom. The molecule has 5 nitrogen and oxygen atoms in total. The molecule has 26 heavy (non-hydrogen) atoms. The molecule has 3 N–H and O–H groups in total. The lowest BCUT2D eigenvalue weighted by atomic mass is 10.0. The lowest BCUT2D eigenvalue weighted by Crippen LogP contribution is -2.29. The number of carbonyl (C=O) groups excluding carboxylic acids is 1. The van der Waals surface area contributed by atoms with E-state index in [0.29, 0.717) is 6.54 Å². The molecule has 2 rings (SSSR count). The number of unbranched alkanes of at least 4 members (excludes halogenated alkanes) is 2. The summed E-state index contributed by atoms with van der Waals surface area (Å²) in [4.78, 5) is 22.5. The van der Waals surface area contributed by atoms with E-state index in [1.807, 2.05) is 48.5 Å². The first-order valence-corrected chi connectivity index (χ1v) is 8.75. The van der Waals surface area contributed by atoms with Crippen LogP contribution in [-0.2, 0) is 4.79 Å². The van der Waals surface area contributed by atoms with Gasteiger partial charge >= 0.3 is 12.0 Å². The van der Waals surface area contributed by atoms with Crippen LogP contribution in [0.2, 0.25) is 0 Å². The van der Waals surface area contributed by atoms with Gasteiger partial charge < -0.3 is 15.7 Å². The standard InChI is InChI=1S/C21H24N2O3/c1-2-3-4-14-22-21(26)23-19-7-5-6-18(15-19)17-11-8-16(9-12-17)10-13-20(24)25/h5-13,15H,2-4,14H2,1H3,(H,24,25)(H2,22,23,26)/b13-10+. The van der Waals surface area contributed by atoms with Crippen molar-refractivity contribution in [1.29, 1.82) is 0 Å². The van der Waals surface area contributed by atoms with Crippen LogP contribution in [0.25, 0.3) is 17.2 Å². The van der Waals surface area contributed by atoms with Gasteiger partial charge in [-0.15, -0.1) is 0 Å². The van der Waals surface area contributed by atoms with E-state index in [9.17, 15) is 9.59 Å². The summed E-state index contributed by atoms with van der Waals surface area (Å²) in [5, 5.41) is 14.4. The molecule has 0 fully saturated rings. The first-order valence-electron chi connectivity index (χ1n) is 8.75.